The Morgan fingerprint density at radius 3 is 1.98 bits per heavy atom. The first-order valence-corrected chi connectivity index (χ1v) is 17.2. The molecule has 0 radical (unpaired) electrons. The van der Waals surface area contributed by atoms with Gasteiger partial charge in [-0.2, -0.15) is 0 Å². The zero-order chi connectivity index (χ0) is 33.7. The molecule has 10 aromatic rings. The van der Waals surface area contributed by atoms with Crippen molar-refractivity contribution in [2.75, 3.05) is 4.90 Å². The molecule has 10 rings (SSSR count). The lowest BCUT2D eigenvalue weighted by Gasteiger charge is -2.27. The second-order valence-electron chi connectivity index (χ2n) is 12.8. The van der Waals surface area contributed by atoms with Gasteiger partial charge in [0.25, 0.3) is 0 Å². The van der Waals surface area contributed by atoms with Gasteiger partial charge in [-0.1, -0.05) is 121 Å². The van der Waals surface area contributed by atoms with Gasteiger partial charge in [0.05, 0.1) is 16.7 Å². The summed E-state index contributed by atoms with van der Waals surface area (Å²) in [6.45, 7) is 0. The first-order valence-electron chi connectivity index (χ1n) is 17.2. The number of para-hydroxylation sites is 4. The van der Waals surface area contributed by atoms with E-state index in [-0.39, 0.29) is 0 Å². The summed E-state index contributed by atoms with van der Waals surface area (Å²) in [6.07, 6.45) is 0. The fourth-order valence-corrected chi connectivity index (χ4v) is 7.53. The van der Waals surface area contributed by atoms with Crippen LogP contribution in [-0.2, 0) is 0 Å². The highest BCUT2D eigenvalue weighted by atomic mass is 16.3. The van der Waals surface area contributed by atoms with Gasteiger partial charge in [0.1, 0.15) is 5.52 Å². The molecule has 0 N–H and O–H groups in total. The smallest absolute Gasteiger partial charge is 0.227 e. The Kier molecular flexibility index (Phi) is 6.78. The maximum Gasteiger partial charge on any atom is 0.227 e. The second-order valence-corrected chi connectivity index (χ2v) is 12.8. The quantitative estimate of drug-likeness (QED) is 0.179. The molecule has 51 heavy (non-hydrogen) atoms. The van der Waals surface area contributed by atoms with Crippen LogP contribution < -0.4 is 4.90 Å². The molecule has 0 spiro atoms. The maximum atomic E-state index is 6.48. The van der Waals surface area contributed by atoms with Crippen LogP contribution in [0.3, 0.4) is 0 Å². The third kappa shape index (κ3) is 4.80. The standard InChI is InChI=1S/C47H31N3O/c1-4-16-32(17-5-1)47-48-41-28-15-27-39(46(41)51-47)33-19-14-24-37(30-33)49(35-20-6-2-7-21-35)43-31-34-18-10-11-25-38(34)45-44(43)40-26-12-13-29-42(40)50(45)36-22-8-3-9-23-36/h1-31H. The van der Waals surface area contributed by atoms with Crippen molar-refractivity contribution in [3.05, 3.63) is 188 Å². The zero-order valence-electron chi connectivity index (χ0n) is 27.6. The molecular weight excluding hydrogens is 623 g/mol. The summed E-state index contributed by atoms with van der Waals surface area (Å²) in [5.41, 5.74) is 11.4. The molecule has 0 unspecified atom stereocenters. The van der Waals surface area contributed by atoms with Crippen LogP contribution in [0, 0.1) is 0 Å². The first kappa shape index (κ1) is 29.0. The fourth-order valence-electron chi connectivity index (χ4n) is 7.53. The Hall–Kier alpha value is -6.91. The Morgan fingerprint density at radius 2 is 1.16 bits per heavy atom. The van der Waals surface area contributed by atoms with Crippen molar-refractivity contribution in [3.8, 4) is 28.3 Å². The lowest BCUT2D eigenvalue weighted by atomic mass is 10.0. The van der Waals surface area contributed by atoms with E-state index < -0.39 is 0 Å². The van der Waals surface area contributed by atoms with Crippen molar-refractivity contribution in [1.29, 1.82) is 0 Å². The molecule has 0 aliphatic rings. The number of aromatic nitrogens is 2. The van der Waals surface area contributed by atoms with Gasteiger partial charge in [-0.15, -0.1) is 0 Å². The number of oxazole rings is 1. The summed E-state index contributed by atoms with van der Waals surface area (Å²) in [6, 6.07) is 66.2. The molecule has 2 aromatic heterocycles. The van der Waals surface area contributed by atoms with E-state index in [1.807, 2.05) is 36.4 Å². The van der Waals surface area contributed by atoms with Crippen molar-refractivity contribution in [2.45, 2.75) is 0 Å². The molecule has 0 amide bonds. The van der Waals surface area contributed by atoms with E-state index in [4.69, 9.17) is 9.40 Å². The minimum atomic E-state index is 0.619. The molecule has 0 aliphatic heterocycles. The highest BCUT2D eigenvalue weighted by Crippen LogP contribution is 2.47. The van der Waals surface area contributed by atoms with Gasteiger partial charge < -0.3 is 13.9 Å². The van der Waals surface area contributed by atoms with Gasteiger partial charge >= 0.3 is 0 Å². The average Bonchev–Trinajstić information content (AvgIpc) is 3.80. The second kappa shape index (κ2) is 11.9. The number of nitrogens with zero attached hydrogens (tertiary/aromatic N) is 3. The Balaban J connectivity index is 1.25. The predicted octanol–water partition coefficient (Wildman–Crippen LogP) is 12.9. The number of rotatable bonds is 6. The molecule has 0 aliphatic carbocycles. The minimum absolute atomic E-state index is 0.619. The molecule has 0 bridgehead atoms. The minimum Gasteiger partial charge on any atom is -0.435 e. The summed E-state index contributed by atoms with van der Waals surface area (Å²) >= 11 is 0. The highest BCUT2D eigenvalue weighted by molar-refractivity contribution is 6.24. The lowest BCUT2D eigenvalue weighted by molar-refractivity contribution is 0.621. The summed E-state index contributed by atoms with van der Waals surface area (Å²) in [4.78, 5) is 7.26. The summed E-state index contributed by atoms with van der Waals surface area (Å²) in [5, 5.41) is 4.79. The SMILES string of the molecule is c1ccc(-c2nc3cccc(-c4cccc(N(c5ccccc5)c5cc6ccccc6c6c5c5ccccc5n6-c5ccccc5)c4)c3o2)cc1. The van der Waals surface area contributed by atoms with Crippen molar-refractivity contribution < 1.29 is 4.42 Å². The normalized spacial score (nSPS) is 11.5. The lowest BCUT2D eigenvalue weighted by Crippen LogP contribution is -2.10. The zero-order valence-corrected chi connectivity index (χ0v) is 27.6. The molecule has 0 saturated heterocycles. The van der Waals surface area contributed by atoms with Crippen LogP contribution in [0.5, 0.6) is 0 Å². The Labute approximate surface area is 295 Å². The summed E-state index contributed by atoms with van der Waals surface area (Å²) in [7, 11) is 0. The third-order valence-corrected chi connectivity index (χ3v) is 9.76. The van der Waals surface area contributed by atoms with Gasteiger partial charge in [0, 0.05) is 44.3 Å². The number of anilines is 3. The maximum absolute atomic E-state index is 6.48. The van der Waals surface area contributed by atoms with Crippen LogP contribution in [0.4, 0.5) is 17.1 Å². The monoisotopic (exact) mass is 653 g/mol. The topological polar surface area (TPSA) is 34.2 Å². The summed E-state index contributed by atoms with van der Waals surface area (Å²) in [5.74, 6) is 0.619. The highest BCUT2D eigenvalue weighted by Gasteiger charge is 2.24. The van der Waals surface area contributed by atoms with E-state index in [9.17, 15) is 0 Å². The van der Waals surface area contributed by atoms with Crippen LogP contribution in [0.25, 0.3) is 71.9 Å². The molecular formula is C47H31N3O. The number of fused-ring (bicyclic) bond motifs is 6. The molecule has 0 fully saturated rings. The van der Waals surface area contributed by atoms with Gasteiger partial charge in [-0.05, 0) is 77.7 Å². The largest absolute Gasteiger partial charge is 0.435 e. The van der Waals surface area contributed by atoms with Crippen molar-refractivity contribution in [2.24, 2.45) is 0 Å². The van der Waals surface area contributed by atoms with E-state index in [1.54, 1.807) is 0 Å². The van der Waals surface area contributed by atoms with E-state index in [2.05, 4.69) is 161 Å². The van der Waals surface area contributed by atoms with Crippen LogP contribution >= 0.6 is 0 Å². The van der Waals surface area contributed by atoms with Gasteiger partial charge in [-0.3, -0.25) is 0 Å². The molecule has 4 heteroatoms. The van der Waals surface area contributed by atoms with Gasteiger partial charge in [0.15, 0.2) is 5.58 Å². The van der Waals surface area contributed by atoms with Crippen LogP contribution in [0.2, 0.25) is 0 Å². The van der Waals surface area contributed by atoms with E-state index >= 15 is 0 Å². The van der Waals surface area contributed by atoms with Crippen molar-refractivity contribution in [1.82, 2.24) is 9.55 Å². The number of hydrogen-bond donors (Lipinski definition) is 0. The fraction of sp³-hybridized carbons (Fsp3) is 0. The van der Waals surface area contributed by atoms with Crippen LogP contribution in [0.15, 0.2) is 192 Å². The molecule has 4 nitrogen and oxygen atoms in total. The molecule has 0 saturated carbocycles. The van der Waals surface area contributed by atoms with Gasteiger partial charge in [0.2, 0.25) is 5.89 Å². The summed E-state index contributed by atoms with van der Waals surface area (Å²) < 4.78 is 8.90. The molecule has 2 heterocycles. The predicted molar refractivity (Wildman–Crippen MR) is 211 cm³/mol. The van der Waals surface area contributed by atoms with E-state index in [1.165, 1.54) is 32.6 Å². The van der Waals surface area contributed by atoms with E-state index in [0.717, 1.165) is 50.5 Å². The van der Waals surface area contributed by atoms with Crippen molar-refractivity contribution >= 4 is 60.7 Å². The molecule has 240 valence electrons. The molecule has 0 atom stereocenters. The number of benzene rings is 8. The number of hydrogen-bond acceptors (Lipinski definition) is 3. The van der Waals surface area contributed by atoms with Crippen LogP contribution in [0.1, 0.15) is 0 Å². The van der Waals surface area contributed by atoms with Crippen molar-refractivity contribution in [3.63, 3.8) is 0 Å². The Bertz CT molecular complexity index is 2850. The van der Waals surface area contributed by atoms with Gasteiger partial charge in [-0.25, -0.2) is 4.98 Å². The third-order valence-electron chi connectivity index (χ3n) is 9.76. The van der Waals surface area contributed by atoms with Crippen LogP contribution in [-0.4, -0.2) is 9.55 Å². The average molecular weight is 654 g/mol. The van der Waals surface area contributed by atoms with E-state index in [0.29, 0.717) is 5.89 Å². The Morgan fingerprint density at radius 1 is 0.510 bits per heavy atom. The first-order chi connectivity index (χ1) is 25.3. The molecule has 8 aromatic carbocycles.